The van der Waals surface area contributed by atoms with Gasteiger partial charge in [0.2, 0.25) is 0 Å². The van der Waals surface area contributed by atoms with Gasteiger partial charge in [0.1, 0.15) is 11.4 Å². The van der Waals surface area contributed by atoms with Crippen LogP contribution in [0.1, 0.15) is 17.5 Å². The van der Waals surface area contributed by atoms with Crippen molar-refractivity contribution in [1.82, 2.24) is 5.16 Å². The first-order chi connectivity index (χ1) is 8.58. The highest BCUT2D eigenvalue weighted by molar-refractivity contribution is 9.09. The maximum absolute atomic E-state index is 12.3. The van der Waals surface area contributed by atoms with Crippen LogP contribution in [0.3, 0.4) is 0 Å². The quantitative estimate of drug-likeness (QED) is 0.784. The van der Waals surface area contributed by atoms with Crippen LogP contribution in [0.4, 0.5) is 8.78 Å². The summed E-state index contributed by atoms with van der Waals surface area (Å²) in [6, 6.07) is 8.15. The zero-order valence-electron chi connectivity index (χ0n) is 9.44. The van der Waals surface area contributed by atoms with E-state index < -0.39 is 6.61 Å². The predicted octanol–water partition coefficient (Wildman–Crippen LogP) is 4.40. The molecular formula is C12H10BrF2NO2. The molecule has 0 radical (unpaired) electrons. The summed E-state index contributed by atoms with van der Waals surface area (Å²) < 4.78 is 34.1. The smallest absolute Gasteiger partial charge is 0.387 e. The van der Waals surface area contributed by atoms with Gasteiger partial charge in [0.05, 0.1) is 4.83 Å². The fourth-order valence-corrected chi connectivity index (χ4v) is 1.70. The number of alkyl halides is 3. The van der Waals surface area contributed by atoms with E-state index in [1.165, 1.54) is 6.07 Å². The van der Waals surface area contributed by atoms with E-state index in [0.29, 0.717) is 17.0 Å². The van der Waals surface area contributed by atoms with Crippen LogP contribution in [0, 0.1) is 0 Å². The lowest BCUT2D eigenvalue weighted by molar-refractivity contribution is -0.0494. The van der Waals surface area contributed by atoms with Crippen LogP contribution in [0.15, 0.2) is 34.9 Å². The molecule has 6 heteroatoms. The van der Waals surface area contributed by atoms with Crippen LogP contribution in [0.2, 0.25) is 0 Å². The topological polar surface area (TPSA) is 35.3 Å². The highest BCUT2D eigenvalue weighted by Gasteiger charge is 2.15. The molecule has 18 heavy (non-hydrogen) atoms. The standard InChI is InChI=1S/C12H10BrF2NO2/c1-7(13)11-6-9(16-18-11)8-4-2-3-5-10(8)17-12(14)15/h2-7,12H,1H3. The van der Waals surface area contributed by atoms with Gasteiger partial charge >= 0.3 is 6.61 Å². The van der Waals surface area contributed by atoms with Crippen molar-refractivity contribution >= 4 is 15.9 Å². The van der Waals surface area contributed by atoms with E-state index in [1.54, 1.807) is 24.3 Å². The first kappa shape index (κ1) is 13.0. The average Bonchev–Trinajstić information content (AvgIpc) is 2.78. The van der Waals surface area contributed by atoms with Crippen molar-refractivity contribution in [3.8, 4) is 17.0 Å². The van der Waals surface area contributed by atoms with Crippen LogP contribution >= 0.6 is 15.9 Å². The van der Waals surface area contributed by atoms with Crippen molar-refractivity contribution in [1.29, 1.82) is 0 Å². The average molecular weight is 318 g/mol. The summed E-state index contributed by atoms with van der Waals surface area (Å²) in [5, 5.41) is 3.85. The molecule has 0 amide bonds. The van der Waals surface area contributed by atoms with Crippen molar-refractivity contribution < 1.29 is 18.0 Å². The Morgan fingerprint density at radius 1 is 1.33 bits per heavy atom. The number of halogens is 3. The van der Waals surface area contributed by atoms with E-state index in [2.05, 4.69) is 25.8 Å². The van der Waals surface area contributed by atoms with E-state index in [0.717, 1.165) is 0 Å². The van der Waals surface area contributed by atoms with Crippen LogP contribution in [0.25, 0.3) is 11.3 Å². The Morgan fingerprint density at radius 3 is 2.67 bits per heavy atom. The molecule has 0 aliphatic carbocycles. The van der Waals surface area contributed by atoms with Gasteiger partial charge < -0.3 is 9.26 Å². The van der Waals surface area contributed by atoms with Gasteiger partial charge in [0, 0.05) is 11.6 Å². The van der Waals surface area contributed by atoms with Crippen molar-refractivity contribution in [3.05, 3.63) is 36.1 Å². The first-order valence-corrected chi connectivity index (χ1v) is 6.14. The second kappa shape index (κ2) is 5.48. The minimum atomic E-state index is -2.87. The predicted molar refractivity (Wildman–Crippen MR) is 65.9 cm³/mol. The number of hydrogen-bond acceptors (Lipinski definition) is 3. The van der Waals surface area contributed by atoms with Gasteiger partial charge in [-0.2, -0.15) is 8.78 Å². The van der Waals surface area contributed by atoms with Gasteiger partial charge in [0.25, 0.3) is 0 Å². The summed E-state index contributed by atoms with van der Waals surface area (Å²) in [5.74, 6) is 0.700. The Labute approximate surface area is 111 Å². The Kier molecular flexibility index (Phi) is 3.96. The minimum Gasteiger partial charge on any atom is -0.434 e. The molecule has 0 saturated heterocycles. The maximum Gasteiger partial charge on any atom is 0.387 e. The molecule has 2 rings (SSSR count). The molecule has 1 unspecified atom stereocenters. The second-order valence-electron chi connectivity index (χ2n) is 3.61. The maximum atomic E-state index is 12.3. The fraction of sp³-hybridized carbons (Fsp3) is 0.250. The van der Waals surface area contributed by atoms with Crippen molar-refractivity contribution in [2.24, 2.45) is 0 Å². The SMILES string of the molecule is CC(Br)c1cc(-c2ccccc2OC(F)F)no1. The number of aromatic nitrogens is 1. The van der Waals surface area contributed by atoms with E-state index in [9.17, 15) is 8.78 Å². The zero-order valence-corrected chi connectivity index (χ0v) is 11.0. The van der Waals surface area contributed by atoms with E-state index in [4.69, 9.17) is 4.52 Å². The minimum absolute atomic E-state index is 0.00179. The lowest BCUT2D eigenvalue weighted by atomic mass is 10.1. The first-order valence-electron chi connectivity index (χ1n) is 5.23. The van der Waals surface area contributed by atoms with Gasteiger partial charge in [-0.1, -0.05) is 33.2 Å². The summed E-state index contributed by atoms with van der Waals surface area (Å²) >= 11 is 3.34. The molecule has 0 saturated carbocycles. The molecule has 3 nitrogen and oxygen atoms in total. The highest BCUT2D eigenvalue weighted by atomic mass is 79.9. The molecule has 1 aromatic carbocycles. The Balaban J connectivity index is 2.36. The second-order valence-corrected chi connectivity index (χ2v) is 4.98. The number of nitrogens with zero attached hydrogens (tertiary/aromatic N) is 1. The molecule has 0 aliphatic rings. The van der Waals surface area contributed by atoms with Crippen LogP contribution in [0.5, 0.6) is 5.75 Å². The molecule has 2 aromatic rings. The molecule has 0 spiro atoms. The molecule has 1 atom stereocenters. The third kappa shape index (κ3) is 2.87. The highest BCUT2D eigenvalue weighted by Crippen LogP contribution is 2.32. The van der Waals surface area contributed by atoms with Gasteiger partial charge in [-0.15, -0.1) is 0 Å². The largest absolute Gasteiger partial charge is 0.434 e. The number of rotatable bonds is 4. The molecule has 1 aromatic heterocycles. The Morgan fingerprint density at radius 2 is 2.06 bits per heavy atom. The molecule has 1 heterocycles. The summed E-state index contributed by atoms with van der Waals surface area (Å²) in [7, 11) is 0. The van der Waals surface area contributed by atoms with E-state index in [1.807, 2.05) is 6.92 Å². The van der Waals surface area contributed by atoms with Gasteiger partial charge in [-0.05, 0) is 19.1 Å². The lowest BCUT2D eigenvalue weighted by Crippen LogP contribution is -2.02. The monoisotopic (exact) mass is 317 g/mol. The van der Waals surface area contributed by atoms with Crippen molar-refractivity contribution in [2.75, 3.05) is 0 Å². The lowest BCUT2D eigenvalue weighted by Gasteiger charge is -2.07. The number of ether oxygens (including phenoxy) is 1. The Bertz CT molecular complexity index is 528. The van der Waals surface area contributed by atoms with Gasteiger partial charge in [-0.25, -0.2) is 0 Å². The van der Waals surface area contributed by atoms with Gasteiger partial charge in [-0.3, -0.25) is 0 Å². The number of benzene rings is 1. The normalized spacial score (nSPS) is 12.7. The Hall–Kier alpha value is -1.43. The molecular weight excluding hydrogens is 308 g/mol. The zero-order chi connectivity index (χ0) is 13.1. The summed E-state index contributed by atoms with van der Waals surface area (Å²) in [5.41, 5.74) is 0.938. The van der Waals surface area contributed by atoms with E-state index in [-0.39, 0.29) is 10.6 Å². The summed E-state index contributed by atoms with van der Waals surface area (Å²) in [4.78, 5) is 0.00179. The molecule has 0 bridgehead atoms. The molecule has 96 valence electrons. The third-order valence-electron chi connectivity index (χ3n) is 2.30. The summed E-state index contributed by atoms with van der Waals surface area (Å²) in [6.07, 6.45) is 0. The van der Waals surface area contributed by atoms with Gasteiger partial charge in [0.15, 0.2) is 5.76 Å². The van der Waals surface area contributed by atoms with Crippen LogP contribution in [-0.2, 0) is 0 Å². The fourth-order valence-electron chi connectivity index (χ4n) is 1.48. The van der Waals surface area contributed by atoms with Crippen molar-refractivity contribution in [3.63, 3.8) is 0 Å². The van der Waals surface area contributed by atoms with E-state index >= 15 is 0 Å². The van der Waals surface area contributed by atoms with Crippen LogP contribution < -0.4 is 4.74 Å². The number of hydrogen-bond donors (Lipinski definition) is 0. The molecule has 0 aliphatic heterocycles. The summed E-state index contributed by atoms with van der Waals surface area (Å²) in [6.45, 7) is -0.987. The third-order valence-corrected chi connectivity index (χ3v) is 2.75. The van der Waals surface area contributed by atoms with Crippen LogP contribution in [-0.4, -0.2) is 11.8 Å². The number of para-hydroxylation sites is 1. The molecule has 0 fully saturated rings. The van der Waals surface area contributed by atoms with Crippen molar-refractivity contribution in [2.45, 2.75) is 18.4 Å². The molecule has 0 N–H and O–H groups in total.